The fraction of sp³-hybridized carbons (Fsp3) is 0.429. The molecule has 0 N–H and O–H groups in total. The van der Waals surface area contributed by atoms with Gasteiger partial charge in [-0.1, -0.05) is 12.1 Å². The lowest BCUT2D eigenvalue weighted by Gasteiger charge is -2.26. The van der Waals surface area contributed by atoms with Gasteiger partial charge in [0, 0.05) is 43.6 Å². The van der Waals surface area contributed by atoms with E-state index < -0.39 is 0 Å². The lowest BCUT2D eigenvalue weighted by Crippen LogP contribution is -2.37. The smallest absolute Gasteiger partial charge is 0.176 e. The Kier molecular flexibility index (Phi) is 7.88. The molecular weight excluding hydrogens is 440 g/mol. The van der Waals surface area contributed by atoms with Crippen LogP contribution in [-0.2, 0) is 4.74 Å². The molecule has 0 aliphatic carbocycles. The highest BCUT2D eigenvalue weighted by molar-refractivity contribution is 5.97. The molecule has 2 aliphatic heterocycles. The van der Waals surface area contributed by atoms with Gasteiger partial charge in [-0.05, 0) is 73.8 Å². The van der Waals surface area contributed by atoms with Gasteiger partial charge in [0.25, 0.3) is 0 Å². The van der Waals surface area contributed by atoms with Gasteiger partial charge in [0.15, 0.2) is 5.78 Å². The molecule has 0 bridgehead atoms. The molecular formula is C28H34N4O3. The number of ether oxygens (including phenoxy) is 2. The zero-order valence-corrected chi connectivity index (χ0v) is 20.2. The Hall–Kier alpha value is -3.00. The van der Waals surface area contributed by atoms with Gasteiger partial charge in [-0.3, -0.25) is 14.6 Å². The van der Waals surface area contributed by atoms with E-state index in [1.54, 1.807) is 10.9 Å². The highest BCUT2D eigenvalue weighted by Gasteiger charge is 2.28. The third kappa shape index (κ3) is 6.17. The Morgan fingerprint density at radius 1 is 1.06 bits per heavy atom. The summed E-state index contributed by atoms with van der Waals surface area (Å²) in [5.74, 6) is 1.07. The number of Topliss-reactive ketones (excluding diaryl/α,β-unsaturated/α-hetero) is 1. The van der Waals surface area contributed by atoms with E-state index in [4.69, 9.17) is 9.47 Å². The zero-order chi connectivity index (χ0) is 23.9. The molecule has 184 valence electrons. The molecule has 2 saturated heterocycles. The average Bonchev–Trinajstić information content (AvgIpc) is 3.60. The van der Waals surface area contributed by atoms with E-state index in [0.29, 0.717) is 13.2 Å². The molecule has 2 aliphatic rings. The van der Waals surface area contributed by atoms with Crippen LogP contribution in [0.2, 0.25) is 0 Å². The SMILES string of the molecule is O=C(CN1CCCC1c1cccc(OCCCN2CCOCC2)c1)c1ccc(-n2cccn2)cc1. The largest absolute Gasteiger partial charge is 0.494 e. The normalized spacial score (nSPS) is 19.1. The van der Waals surface area contributed by atoms with Crippen LogP contribution >= 0.6 is 0 Å². The Morgan fingerprint density at radius 2 is 1.91 bits per heavy atom. The molecule has 1 aromatic heterocycles. The van der Waals surface area contributed by atoms with Crippen LogP contribution in [0.4, 0.5) is 0 Å². The van der Waals surface area contributed by atoms with Crippen LogP contribution in [0.5, 0.6) is 5.75 Å². The monoisotopic (exact) mass is 474 g/mol. The van der Waals surface area contributed by atoms with E-state index in [-0.39, 0.29) is 11.8 Å². The molecule has 7 heteroatoms. The van der Waals surface area contributed by atoms with Crippen LogP contribution in [0.1, 0.15) is 41.2 Å². The van der Waals surface area contributed by atoms with Gasteiger partial charge < -0.3 is 9.47 Å². The number of aromatic nitrogens is 2. The van der Waals surface area contributed by atoms with E-state index in [9.17, 15) is 4.79 Å². The van der Waals surface area contributed by atoms with Gasteiger partial charge in [-0.2, -0.15) is 5.10 Å². The standard InChI is InChI=1S/C28H34N4O3/c33-28(23-8-10-25(11-9-23)32-15-3-12-29-32)22-31-14-2-7-27(31)24-5-1-6-26(21-24)35-18-4-13-30-16-19-34-20-17-30/h1,3,5-6,8-12,15,21,27H,2,4,7,13-14,16-20,22H2. The van der Waals surface area contributed by atoms with Crippen LogP contribution in [0.3, 0.4) is 0 Å². The minimum atomic E-state index is 0.152. The second kappa shape index (κ2) is 11.6. The minimum absolute atomic E-state index is 0.152. The van der Waals surface area contributed by atoms with Crippen LogP contribution in [0.25, 0.3) is 5.69 Å². The maximum atomic E-state index is 13.0. The van der Waals surface area contributed by atoms with Crippen LogP contribution < -0.4 is 4.74 Å². The van der Waals surface area contributed by atoms with Crippen molar-refractivity contribution >= 4 is 5.78 Å². The third-order valence-electron chi connectivity index (χ3n) is 6.90. The predicted molar refractivity (Wildman–Crippen MR) is 135 cm³/mol. The summed E-state index contributed by atoms with van der Waals surface area (Å²) in [7, 11) is 0. The zero-order valence-electron chi connectivity index (χ0n) is 20.2. The topological polar surface area (TPSA) is 59.8 Å². The molecule has 1 unspecified atom stereocenters. The fourth-order valence-electron chi connectivity index (χ4n) is 5.00. The Morgan fingerprint density at radius 3 is 2.71 bits per heavy atom. The van der Waals surface area contributed by atoms with Crippen molar-refractivity contribution < 1.29 is 14.3 Å². The number of ketones is 1. The second-order valence-electron chi connectivity index (χ2n) is 9.28. The number of rotatable bonds is 10. The van der Waals surface area contributed by atoms with Crippen molar-refractivity contribution in [1.82, 2.24) is 19.6 Å². The number of benzene rings is 2. The number of morpholine rings is 1. The van der Waals surface area contributed by atoms with Crippen molar-refractivity contribution in [3.05, 3.63) is 78.1 Å². The first-order valence-corrected chi connectivity index (χ1v) is 12.7. The average molecular weight is 475 g/mol. The molecule has 3 aromatic rings. The lowest BCUT2D eigenvalue weighted by atomic mass is 10.0. The number of hydrogen-bond donors (Lipinski definition) is 0. The minimum Gasteiger partial charge on any atom is -0.494 e. The van der Waals surface area contributed by atoms with Gasteiger partial charge in [0.2, 0.25) is 0 Å². The molecule has 0 spiro atoms. The Balaban J connectivity index is 1.15. The summed E-state index contributed by atoms with van der Waals surface area (Å²) in [6.45, 7) is 6.82. The first-order chi connectivity index (χ1) is 17.3. The molecule has 2 fully saturated rings. The van der Waals surface area contributed by atoms with Crippen LogP contribution in [0, 0.1) is 0 Å². The molecule has 2 aromatic carbocycles. The summed E-state index contributed by atoms with van der Waals surface area (Å²) in [4.78, 5) is 17.8. The summed E-state index contributed by atoms with van der Waals surface area (Å²) in [6, 6.07) is 18.2. The van der Waals surface area contributed by atoms with Crippen LogP contribution in [-0.4, -0.2) is 77.9 Å². The first kappa shape index (κ1) is 23.7. The molecule has 0 radical (unpaired) electrons. The van der Waals surface area contributed by atoms with Crippen molar-refractivity contribution in [2.75, 3.05) is 52.5 Å². The quantitative estimate of drug-likeness (QED) is 0.327. The van der Waals surface area contributed by atoms with E-state index in [0.717, 1.165) is 75.7 Å². The van der Waals surface area contributed by atoms with Crippen molar-refractivity contribution in [2.24, 2.45) is 0 Å². The molecule has 3 heterocycles. The first-order valence-electron chi connectivity index (χ1n) is 12.7. The maximum Gasteiger partial charge on any atom is 0.176 e. The predicted octanol–water partition coefficient (Wildman–Crippen LogP) is 3.99. The highest BCUT2D eigenvalue weighted by Crippen LogP contribution is 2.33. The molecule has 1 atom stereocenters. The number of nitrogens with zero attached hydrogens (tertiary/aromatic N) is 4. The second-order valence-corrected chi connectivity index (χ2v) is 9.28. The summed E-state index contributed by atoms with van der Waals surface area (Å²) in [5, 5.41) is 4.25. The number of likely N-dealkylation sites (tertiary alicyclic amines) is 1. The fourth-order valence-corrected chi connectivity index (χ4v) is 5.00. The number of carbonyl (C=O) groups excluding carboxylic acids is 1. The van der Waals surface area contributed by atoms with E-state index in [2.05, 4.69) is 33.1 Å². The molecule has 7 nitrogen and oxygen atoms in total. The van der Waals surface area contributed by atoms with Gasteiger partial charge >= 0.3 is 0 Å². The summed E-state index contributed by atoms with van der Waals surface area (Å²) in [6.07, 6.45) is 6.81. The van der Waals surface area contributed by atoms with Gasteiger partial charge in [-0.25, -0.2) is 4.68 Å². The number of hydrogen-bond acceptors (Lipinski definition) is 6. The van der Waals surface area contributed by atoms with Crippen LogP contribution in [0.15, 0.2) is 67.0 Å². The Labute approximate surface area is 207 Å². The lowest BCUT2D eigenvalue weighted by molar-refractivity contribution is 0.0358. The summed E-state index contributed by atoms with van der Waals surface area (Å²) >= 11 is 0. The van der Waals surface area contributed by atoms with E-state index in [1.165, 1.54) is 5.56 Å². The Bertz CT molecular complexity index is 1080. The third-order valence-corrected chi connectivity index (χ3v) is 6.90. The molecule has 0 amide bonds. The molecule has 5 rings (SSSR count). The van der Waals surface area contributed by atoms with Crippen molar-refractivity contribution in [3.63, 3.8) is 0 Å². The highest BCUT2D eigenvalue weighted by atomic mass is 16.5. The van der Waals surface area contributed by atoms with E-state index in [1.807, 2.05) is 42.6 Å². The molecule has 0 saturated carbocycles. The van der Waals surface area contributed by atoms with Gasteiger partial charge in [0.05, 0.1) is 32.1 Å². The van der Waals surface area contributed by atoms with E-state index >= 15 is 0 Å². The van der Waals surface area contributed by atoms with Crippen molar-refractivity contribution in [3.8, 4) is 11.4 Å². The van der Waals surface area contributed by atoms with Gasteiger partial charge in [-0.15, -0.1) is 0 Å². The number of carbonyl (C=O) groups is 1. The summed E-state index contributed by atoms with van der Waals surface area (Å²) < 4.78 is 13.3. The summed E-state index contributed by atoms with van der Waals surface area (Å²) in [5.41, 5.74) is 2.92. The molecule has 35 heavy (non-hydrogen) atoms. The van der Waals surface area contributed by atoms with Gasteiger partial charge in [0.1, 0.15) is 5.75 Å². The van der Waals surface area contributed by atoms with Crippen molar-refractivity contribution in [2.45, 2.75) is 25.3 Å². The van der Waals surface area contributed by atoms with Crippen molar-refractivity contribution in [1.29, 1.82) is 0 Å². The maximum absolute atomic E-state index is 13.0.